The number of halogens is 1. The highest BCUT2D eigenvalue weighted by Gasteiger charge is 2.21. The van der Waals surface area contributed by atoms with Crippen LogP contribution in [0.4, 0.5) is 11.4 Å². The van der Waals surface area contributed by atoms with Crippen LogP contribution in [-0.4, -0.2) is 123 Å². The topological polar surface area (TPSA) is 139 Å². The molecule has 14 nitrogen and oxygen atoms in total. The van der Waals surface area contributed by atoms with Crippen LogP contribution in [0.25, 0.3) is 42.0 Å². The molecule has 8 aromatic rings. The largest absolute Gasteiger partial charge is 0.494 e. The van der Waals surface area contributed by atoms with E-state index in [-0.39, 0.29) is 30.4 Å². The molecular formula is C76H103ClN6O8S2. The summed E-state index contributed by atoms with van der Waals surface area (Å²) in [6, 6.07) is 36.7. The fraction of sp³-hybridized carbons (Fsp3) is 0.526. The normalized spacial score (nSPS) is 13.6. The van der Waals surface area contributed by atoms with E-state index in [1.54, 1.807) is 12.1 Å². The third-order valence-corrected chi connectivity index (χ3v) is 19.5. The molecule has 0 spiro atoms. The van der Waals surface area contributed by atoms with E-state index in [0.29, 0.717) is 31.9 Å². The van der Waals surface area contributed by atoms with Gasteiger partial charge in [-0.25, -0.2) is 4.98 Å². The Hall–Kier alpha value is -6.43. The van der Waals surface area contributed by atoms with E-state index in [1.165, 1.54) is 121 Å². The first-order chi connectivity index (χ1) is 45.8. The Balaban J connectivity index is 0.000000203. The number of rotatable bonds is 38. The number of carbonyl (C=O) groups excluding carboxylic acids is 2. The molecule has 0 amide bonds. The highest BCUT2D eigenvalue weighted by atomic mass is 35.5. The Bertz CT molecular complexity index is 3470. The molecule has 0 saturated carbocycles. The monoisotopic (exact) mass is 1330 g/mol. The van der Waals surface area contributed by atoms with Gasteiger partial charge in [0.15, 0.2) is 6.07 Å². The molecule has 2 saturated heterocycles. The zero-order valence-corrected chi connectivity index (χ0v) is 58.0. The molecule has 6 heterocycles. The first-order valence-corrected chi connectivity index (χ1v) is 37.2. The van der Waals surface area contributed by atoms with Crippen molar-refractivity contribution in [3.05, 3.63) is 130 Å². The molecule has 17 heteroatoms. The van der Waals surface area contributed by atoms with Gasteiger partial charge >= 0.3 is 11.9 Å². The highest BCUT2D eigenvalue weighted by Crippen LogP contribution is 2.33. The van der Waals surface area contributed by atoms with E-state index in [1.807, 2.05) is 71.2 Å². The van der Waals surface area contributed by atoms with Crippen molar-refractivity contribution in [1.29, 1.82) is 0 Å². The number of hydrogen-bond donors (Lipinski definition) is 1. The molecule has 4 aromatic heterocycles. The number of aromatic amines is 1. The van der Waals surface area contributed by atoms with E-state index < -0.39 is 0 Å². The third-order valence-electron chi connectivity index (χ3n) is 17.6. The van der Waals surface area contributed by atoms with Crippen molar-refractivity contribution in [2.75, 3.05) is 101 Å². The lowest BCUT2D eigenvalue weighted by Gasteiger charge is -2.36. The van der Waals surface area contributed by atoms with Gasteiger partial charge in [0.05, 0.1) is 24.2 Å². The minimum atomic E-state index is -0.214. The number of H-pyrrole nitrogens is 1. The maximum absolute atomic E-state index is 12.1. The Morgan fingerprint density at radius 1 is 0.495 bits per heavy atom. The number of unbranched alkanes of at least 4 members (excludes halogenated alkanes) is 18. The molecule has 504 valence electrons. The summed E-state index contributed by atoms with van der Waals surface area (Å²) in [5.41, 5.74) is 4.28. The summed E-state index contributed by atoms with van der Waals surface area (Å²) in [5.74, 6) is 1.67. The van der Waals surface area contributed by atoms with Crippen molar-refractivity contribution in [2.24, 2.45) is 0 Å². The van der Waals surface area contributed by atoms with Crippen molar-refractivity contribution in [3.8, 4) is 17.4 Å². The molecule has 93 heavy (non-hydrogen) atoms. The Morgan fingerprint density at radius 2 is 0.968 bits per heavy atom. The molecule has 0 radical (unpaired) electrons. The number of nitrogens with one attached hydrogen (secondary N) is 1. The minimum absolute atomic E-state index is 0.0176. The standard InChI is InChI=1S/C38H51N3O4S.C25H27N3O2S.C13H25ClO2/c1-2-3-4-5-6-7-8-9-10-16-38(42)45-30-44-37-20-18-31-17-19-32(29-34(31)39-37)43-27-12-11-22-40-23-25-41(26-24-40)35-14-13-15-36-33(35)21-28-46-36;29-25-9-7-19-6-8-20(18-22(19)26-25)30-16-2-1-11-27-12-14-28(15-13-27)23-4-3-5-24-21(23)10-17-31-24;1-2-3-4-5-6-7-8-9-10-11-13(15)16-12-14/h13-15,17-21,28-29H,2-12,16,22-27,30H2,1H3;3-10,17-18H,1-2,11-16H2,(H,26,29);2-12H2,1H3. The number of alkyl halides is 1. The minimum Gasteiger partial charge on any atom is -0.494 e. The SMILES string of the molecule is CCCCCCCCCCCC(=O)OCCl.CCCCCCCCCCCC(=O)OCOc1ccc2ccc(OCCCCN3CCN(c4cccc5sccc45)CC3)cc2n1.O=c1ccc2ccc(OCCCCN3CCN(c4cccc5sccc45)CC3)cc2[nH]1. The van der Waals surface area contributed by atoms with Crippen molar-refractivity contribution in [2.45, 2.75) is 168 Å². The number of carbonyl (C=O) groups is 2. The van der Waals surface area contributed by atoms with Gasteiger partial charge in [-0.15, -0.1) is 22.7 Å². The Morgan fingerprint density at radius 3 is 1.49 bits per heavy atom. The van der Waals surface area contributed by atoms with Crippen LogP contribution in [-0.2, 0) is 19.1 Å². The van der Waals surface area contributed by atoms with Crippen LogP contribution in [0, 0.1) is 0 Å². The smallest absolute Gasteiger partial charge is 0.308 e. The number of esters is 2. The lowest BCUT2D eigenvalue weighted by atomic mass is 10.1. The van der Waals surface area contributed by atoms with E-state index >= 15 is 0 Å². The zero-order chi connectivity index (χ0) is 64.9. The quantitative estimate of drug-likeness (QED) is 0.0170. The molecule has 0 unspecified atom stereocenters. The lowest BCUT2D eigenvalue weighted by molar-refractivity contribution is -0.150. The fourth-order valence-electron chi connectivity index (χ4n) is 12.2. The summed E-state index contributed by atoms with van der Waals surface area (Å²) in [6.07, 6.45) is 27.6. The summed E-state index contributed by atoms with van der Waals surface area (Å²) in [6.45, 7) is 16.7. The maximum Gasteiger partial charge on any atom is 0.308 e. The molecule has 10 rings (SSSR count). The van der Waals surface area contributed by atoms with E-state index in [2.05, 4.69) is 107 Å². The first kappa shape index (κ1) is 72.4. The third kappa shape index (κ3) is 25.7. The maximum atomic E-state index is 12.1. The summed E-state index contributed by atoms with van der Waals surface area (Å²) in [5, 5.41) is 9.16. The predicted octanol–water partition coefficient (Wildman–Crippen LogP) is 18.6. The van der Waals surface area contributed by atoms with Crippen molar-refractivity contribution >= 4 is 99.6 Å². The highest BCUT2D eigenvalue weighted by molar-refractivity contribution is 7.17. The fourth-order valence-corrected chi connectivity index (χ4v) is 13.9. The molecule has 2 aliphatic rings. The van der Waals surface area contributed by atoms with Gasteiger partial charge in [-0.3, -0.25) is 24.2 Å². The number of pyridine rings is 2. The van der Waals surface area contributed by atoms with Crippen LogP contribution < -0.4 is 29.6 Å². The summed E-state index contributed by atoms with van der Waals surface area (Å²) < 4.78 is 30.3. The molecule has 0 bridgehead atoms. The number of piperazine rings is 2. The number of ether oxygens (including phenoxy) is 5. The number of thiophene rings is 2. The summed E-state index contributed by atoms with van der Waals surface area (Å²) in [7, 11) is 0. The van der Waals surface area contributed by atoms with Crippen LogP contribution >= 0.6 is 34.3 Å². The number of anilines is 2. The van der Waals surface area contributed by atoms with E-state index in [0.717, 1.165) is 150 Å². The van der Waals surface area contributed by atoms with Crippen LogP contribution in [0.1, 0.15) is 168 Å². The van der Waals surface area contributed by atoms with Gasteiger partial charge in [0.1, 0.15) is 11.5 Å². The molecule has 2 aliphatic heterocycles. The molecule has 4 aromatic carbocycles. The second kappa shape index (κ2) is 42.1. The van der Waals surface area contributed by atoms with Gasteiger partial charge in [-0.1, -0.05) is 140 Å². The number of hydrogen-bond acceptors (Lipinski definition) is 15. The van der Waals surface area contributed by atoms with Crippen molar-refractivity contribution in [1.82, 2.24) is 19.8 Å². The zero-order valence-electron chi connectivity index (χ0n) is 55.6. The number of nitrogens with zero attached hydrogens (tertiary/aromatic N) is 5. The van der Waals surface area contributed by atoms with Crippen LogP contribution in [0.15, 0.2) is 125 Å². The van der Waals surface area contributed by atoms with Gasteiger partial charge in [-0.05, 0) is 141 Å². The lowest BCUT2D eigenvalue weighted by Crippen LogP contribution is -2.46. The number of benzene rings is 4. The van der Waals surface area contributed by atoms with Crippen molar-refractivity contribution < 1.29 is 33.3 Å². The van der Waals surface area contributed by atoms with Gasteiger partial charge in [0.25, 0.3) is 0 Å². The summed E-state index contributed by atoms with van der Waals surface area (Å²) >= 11 is 8.91. The average Bonchev–Trinajstić information content (AvgIpc) is 1.85. The molecule has 0 aliphatic carbocycles. The molecule has 0 atom stereocenters. The average molecular weight is 1330 g/mol. The van der Waals surface area contributed by atoms with Gasteiger partial charge in [0.2, 0.25) is 18.2 Å². The predicted molar refractivity (Wildman–Crippen MR) is 389 cm³/mol. The Kier molecular flexibility index (Phi) is 32.8. The molecule has 1 N–H and O–H groups in total. The van der Waals surface area contributed by atoms with Crippen molar-refractivity contribution in [3.63, 3.8) is 0 Å². The van der Waals surface area contributed by atoms with E-state index in [9.17, 15) is 14.4 Å². The number of fused-ring (bicyclic) bond motifs is 4. The molecular weight excluding hydrogens is 1220 g/mol. The van der Waals surface area contributed by atoms with Crippen LogP contribution in [0.2, 0.25) is 0 Å². The second-order valence-electron chi connectivity index (χ2n) is 24.6. The van der Waals surface area contributed by atoms with Gasteiger partial charge in [0, 0.05) is 126 Å². The van der Waals surface area contributed by atoms with Gasteiger partial charge < -0.3 is 38.5 Å². The summed E-state index contributed by atoms with van der Waals surface area (Å²) in [4.78, 5) is 52.2. The second-order valence-corrected chi connectivity index (χ2v) is 26.7. The van der Waals surface area contributed by atoms with Gasteiger partial charge in [-0.2, -0.15) is 0 Å². The van der Waals surface area contributed by atoms with Crippen LogP contribution in [0.5, 0.6) is 17.4 Å². The van der Waals surface area contributed by atoms with Crippen LogP contribution in [0.3, 0.4) is 0 Å². The molecule has 2 fully saturated rings. The first-order valence-electron chi connectivity index (χ1n) is 34.9. The van der Waals surface area contributed by atoms with E-state index in [4.69, 9.17) is 30.5 Å². The Labute approximate surface area is 566 Å². The number of aromatic nitrogens is 2.